The lowest BCUT2D eigenvalue weighted by Gasteiger charge is -2.20. The Balaban J connectivity index is 2.42. The highest BCUT2D eigenvalue weighted by atomic mass is 32.1. The number of hydrogen-bond donors (Lipinski definition) is 4. The molecule has 22 heavy (non-hydrogen) atoms. The van der Waals surface area contributed by atoms with Crippen LogP contribution in [0.4, 0.5) is 4.79 Å². The third kappa shape index (κ3) is 6.00. The number of aliphatic hydroxyl groups is 2. The van der Waals surface area contributed by atoms with E-state index >= 15 is 0 Å². The first-order valence-corrected chi connectivity index (χ1v) is 7.63. The Kier molecular flexibility index (Phi) is 6.34. The van der Waals surface area contributed by atoms with Crippen molar-refractivity contribution >= 4 is 23.4 Å². The minimum absolute atomic E-state index is 0.0677. The summed E-state index contributed by atoms with van der Waals surface area (Å²) in [7, 11) is 0. The first-order valence-electron chi connectivity index (χ1n) is 6.75. The van der Waals surface area contributed by atoms with Crippen molar-refractivity contribution in [2.24, 2.45) is 0 Å². The largest absolute Gasteiger partial charge is 0.478 e. The number of aliphatic hydroxyl groups excluding tert-OH is 2. The van der Waals surface area contributed by atoms with E-state index in [2.05, 4.69) is 5.32 Å². The molecule has 0 radical (unpaired) electrons. The van der Waals surface area contributed by atoms with E-state index in [0.717, 1.165) is 11.3 Å². The van der Waals surface area contributed by atoms with Crippen molar-refractivity contribution in [1.29, 1.82) is 0 Å². The van der Waals surface area contributed by atoms with E-state index in [-0.39, 0.29) is 18.5 Å². The lowest BCUT2D eigenvalue weighted by atomic mass is 10.1. The van der Waals surface area contributed by atoms with Crippen molar-refractivity contribution in [2.75, 3.05) is 6.54 Å². The lowest BCUT2D eigenvalue weighted by Crippen LogP contribution is -2.34. The summed E-state index contributed by atoms with van der Waals surface area (Å²) in [5, 5.41) is 32.5. The molecule has 0 aliphatic rings. The number of carboxylic acids is 1. The van der Waals surface area contributed by atoms with Gasteiger partial charge in [0.25, 0.3) is 0 Å². The van der Waals surface area contributed by atoms with Crippen LogP contribution in [0.15, 0.2) is 11.4 Å². The van der Waals surface area contributed by atoms with Crippen LogP contribution < -0.4 is 5.32 Å². The molecule has 0 saturated heterocycles. The van der Waals surface area contributed by atoms with Gasteiger partial charge in [0.1, 0.15) is 11.7 Å². The van der Waals surface area contributed by atoms with Crippen molar-refractivity contribution in [2.45, 2.75) is 45.0 Å². The quantitative estimate of drug-likeness (QED) is 0.631. The average Bonchev–Trinajstić information content (AvgIpc) is 2.85. The van der Waals surface area contributed by atoms with Crippen molar-refractivity contribution in [1.82, 2.24) is 5.32 Å². The Morgan fingerprint density at radius 2 is 2.00 bits per heavy atom. The van der Waals surface area contributed by atoms with Gasteiger partial charge in [0.05, 0.1) is 11.7 Å². The first kappa shape index (κ1) is 18.4. The smallest absolute Gasteiger partial charge is 0.407 e. The van der Waals surface area contributed by atoms with Crippen molar-refractivity contribution in [3.05, 3.63) is 21.9 Å². The number of carbonyl (C=O) groups is 2. The Morgan fingerprint density at radius 1 is 1.36 bits per heavy atom. The van der Waals surface area contributed by atoms with Gasteiger partial charge in [0.2, 0.25) is 0 Å². The Labute approximate surface area is 132 Å². The molecule has 8 heteroatoms. The number of carboxylic acid groups (broad SMARTS) is 1. The van der Waals surface area contributed by atoms with Gasteiger partial charge in [-0.25, -0.2) is 9.59 Å². The molecule has 1 amide bonds. The number of alkyl carbamates (subject to hydrolysis) is 1. The van der Waals surface area contributed by atoms with Gasteiger partial charge in [-0.3, -0.25) is 0 Å². The van der Waals surface area contributed by atoms with Crippen LogP contribution in [0.5, 0.6) is 0 Å². The molecule has 0 aromatic carbocycles. The van der Waals surface area contributed by atoms with Crippen LogP contribution in [0.3, 0.4) is 0 Å². The minimum atomic E-state index is -1.20. The molecule has 2 unspecified atom stereocenters. The monoisotopic (exact) mass is 331 g/mol. The fourth-order valence-electron chi connectivity index (χ4n) is 1.60. The molecule has 0 saturated carbocycles. The molecular formula is C14H21NO6S. The van der Waals surface area contributed by atoms with Gasteiger partial charge in [0.15, 0.2) is 0 Å². The van der Waals surface area contributed by atoms with Crippen LogP contribution in [0.2, 0.25) is 0 Å². The fraction of sp³-hybridized carbons (Fsp3) is 0.571. The summed E-state index contributed by atoms with van der Waals surface area (Å²) in [6.45, 7) is 5.34. The predicted octanol–water partition coefficient (Wildman–Crippen LogP) is 1.76. The zero-order valence-electron chi connectivity index (χ0n) is 12.7. The molecule has 4 N–H and O–H groups in total. The molecule has 0 bridgehead atoms. The van der Waals surface area contributed by atoms with Crippen LogP contribution in [-0.4, -0.2) is 45.6 Å². The Bertz CT molecular complexity index is 522. The number of thiophene rings is 1. The fourth-order valence-corrected chi connectivity index (χ4v) is 2.53. The highest BCUT2D eigenvalue weighted by Crippen LogP contribution is 2.25. The number of carbonyl (C=O) groups excluding carboxylic acids is 1. The van der Waals surface area contributed by atoms with Crippen LogP contribution in [-0.2, 0) is 4.74 Å². The molecule has 0 aliphatic carbocycles. The van der Waals surface area contributed by atoms with Crippen LogP contribution in [0.25, 0.3) is 0 Å². The zero-order chi connectivity index (χ0) is 16.9. The summed E-state index contributed by atoms with van der Waals surface area (Å²) in [4.78, 5) is 22.5. The molecule has 1 aromatic heterocycles. The summed E-state index contributed by atoms with van der Waals surface area (Å²) < 4.78 is 5.04. The predicted molar refractivity (Wildman–Crippen MR) is 81.1 cm³/mol. The SMILES string of the molecule is CC(C)(C)OC(=O)NCCC(O)C(O)c1cc(C(=O)O)cs1. The Morgan fingerprint density at radius 3 is 2.50 bits per heavy atom. The summed E-state index contributed by atoms with van der Waals surface area (Å²) in [6.07, 6.45) is -2.80. The van der Waals surface area contributed by atoms with Crippen molar-refractivity contribution in [3.63, 3.8) is 0 Å². The van der Waals surface area contributed by atoms with Gasteiger partial charge in [-0.05, 0) is 33.3 Å². The van der Waals surface area contributed by atoms with E-state index in [1.54, 1.807) is 20.8 Å². The van der Waals surface area contributed by atoms with Gasteiger partial charge in [-0.1, -0.05) is 0 Å². The van der Waals surface area contributed by atoms with Crippen molar-refractivity contribution < 1.29 is 29.6 Å². The molecule has 1 heterocycles. The number of amides is 1. The van der Waals surface area contributed by atoms with E-state index in [1.165, 1.54) is 11.4 Å². The maximum atomic E-state index is 11.4. The third-order valence-electron chi connectivity index (χ3n) is 2.63. The maximum absolute atomic E-state index is 11.4. The molecule has 0 fully saturated rings. The standard InChI is InChI=1S/C14H21NO6S/c1-14(2,3)21-13(20)15-5-4-9(16)11(17)10-6-8(7-22-10)12(18)19/h6-7,9,11,16-17H,4-5H2,1-3H3,(H,15,20)(H,18,19). The van der Waals surface area contributed by atoms with E-state index in [4.69, 9.17) is 9.84 Å². The van der Waals surface area contributed by atoms with E-state index in [0.29, 0.717) is 4.88 Å². The minimum Gasteiger partial charge on any atom is -0.478 e. The van der Waals surface area contributed by atoms with Crippen molar-refractivity contribution in [3.8, 4) is 0 Å². The van der Waals surface area contributed by atoms with Crippen LogP contribution >= 0.6 is 11.3 Å². The summed E-state index contributed by atoms with van der Waals surface area (Å²) in [5.74, 6) is -1.09. The second kappa shape index (κ2) is 7.57. The molecule has 0 aliphatic heterocycles. The first-order chi connectivity index (χ1) is 10.1. The van der Waals surface area contributed by atoms with Crippen LogP contribution in [0.1, 0.15) is 48.5 Å². The molecular weight excluding hydrogens is 310 g/mol. The normalized spacial score (nSPS) is 14.2. The van der Waals surface area contributed by atoms with Gasteiger partial charge >= 0.3 is 12.1 Å². The molecule has 0 spiro atoms. The zero-order valence-corrected chi connectivity index (χ0v) is 13.5. The molecule has 7 nitrogen and oxygen atoms in total. The number of aromatic carboxylic acids is 1. The highest BCUT2D eigenvalue weighted by molar-refractivity contribution is 7.10. The van der Waals surface area contributed by atoms with Gasteiger partial charge in [-0.2, -0.15) is 0 Å². The molecule has 1 aromatic rings. The molecule has 124 valence electrons. The Hall–Kier alpha value is -1.64. The van der Waals surface area contributed by atoms with Gasteiger partial charge in [0, 0.05) is 16.8 Å². The molecule has 1 rings (SSSR count). The summed E-state index contributed by atoms with van der Waals surface area (Å²) >= 11 is 1.06. The molecule has 2 atom stereocenters. The number of ether oxygens (including phenoxy) is 1. The topological polar surface area (TPSA) is 116 Å². The maximum Gasteiger partial charge on any atom is 0.407 e. The lowest BCUT2D eigenvalue weighted by molar-refractivity contribution is 0.0142. The average molecular weight is 331 g/mol. The van der Waals surface area contributed by atoms with Gasteiger partial charge in [-0.15, -0.1) is 11.3 Å². The number of hydrogen-bond acceptors (Lipinski definition) is 6. The third-order valence-corrected chi connectivity index (χ3v) is 3.63. The van der Waals surface area contributed by atoms with E-state index in [9.17, 15) is 19.8 Å². The highest BCUT2D eigenvalue weighted by Gasteiger charge is 2.22. The van der Waals surface area contributed by atoms with E-state index in [1.807, 2.05) is 0 Å². The van der Waals surface area contributed by atoms with Crippen LogP contribution in [0, 0.1) is 0 Å². The number of nitrogens with one attached hydrogen (secondary N) is 1. The second-order valence-corrected chi connectivity index (χ2v) is 6.72. The second-order valence-electron chi connectivity index (χ2n) is 5.77. The summed E-state index contributed by atoms with van der Waals surface area (Å²) in [5.41, 5.74) is -0.537. The number of rotatable bonds is 6. The van der Waals surface area contributed by atoms with Gasteiger partial charge < -0.3 is 25.4 Å². The van der Waals surface area contributed by atoms with E-state index < -0.39 is 29.9 Å². The summed E-state index contributed by atoms with van der Waals surface area (Å²) in [6, 6.07) is 1.32.